The Hall–Kier alpha value is -3.22. The lowest BCUT2D eigenvalue weighted by Crippen LogP contribution is -2.36. The number of carbonyl (C=O) groups excluding carboxylic acids is 1. The number of aryl methyl sites for hydroxylation is 1. The van der Waals surface area contributed by atoms with Crippen molar-refractivity contribution < 1.29 is 4.79 Å². The summed E-state index contributed by atoms with van der Waals surface area (Å²) in [5.41, 5.74) is 3.43. The summed E-state index contributed by atoms with van der Waals surface area (Å²) in [5.74, 6) is 1.20. The van der Waals surface area contributed by atoms with Crippen molar-refractivity contribution in [2.24, 2.45) is 0 Å². The maximum absolute atomic E-state index is 12.5. The van der Waals surface area contributed by atoms with Gasteiger partial charge in [-0.1, -0.05) is 6.07 Å². The van der Waals surface area contributed by atoms with E-state index in [2.05, 4.69) is 24.9 Å². The van der Waals surface area contributed by atoms with Crippen LogP contribution in [0.1, 0.15) is 23.2 Å². The first-order valence-corrected chi connectivity index (χ1v) is 8.05. The minimum absolute atomic E-state index is 0.0551. The summed E-state index contributed by atoms with van der Waals surface area (Å²) >= 11 is 0. The molecule has 4 heterocycles. The molecule has 0 spiro atoms. The van der Waals surface area contributed by atoms with Gasteiger partial charge in [0.2, 0.25) is 5.91 Å². The van der Waals surface area contributed by atoms with Gasteiger partial charge < -0.3 is 0 Å². The number of hydrogen-bond acceptors (Lipinski definition) is 6. The van der Waals surface area contributed by atoms with Crippen LogP contribution in [0.4, 0.5) is 5.82 Å². The third kappa shape index (κ3) is 2.96. The molecule has 0 atom stereocenters. The predicted octanol–water partition coefficient (Wildman–Crippen LogP) is 2.12. The second-order valence-corrected chi connectivity index (χ2v) is 5.87. The average molecular weight is 332 g/mol. The Labute approximate surface area is 144 Å². The topological polar surface area (TPSA) is 84.8 Å². The SMILES string of the molecule is Cc1nc(-c2cnccn2)nc2c1CCC(=O)N2Cc1cccnc1. The smallest absolute Gasteiger partial charge is 0.228 e. The van der Waals surface area contributed by atoms with E-state index >= 15 is 0 Å². The van der Waals surface area contributed by atoms with E-state index in [1.165, 1.54) is 0 Å². The van der Waals surface area contributed by atoms with Gasteiger partial charge in [0.15, 0.2) is 5.82 Å². The number of pyridine rings is 1. The standard InChI is InChI=1S/C18H16N6O/c1-12-14-4-5-16(25)24(11-13-3-2-6-19-9-13)18(14)23-17(22-12)15-10-20-7-8-21-15/h2-3,6-10H,4-5,11H2,1H3. The van der Waals surface area contributed by atoms with Gasteiger partial charge in [0.1, 0.15) is 11.5 Å². The van der Waals surface area contributed by atoms with Crippen LogP contribution in [0.5, 0.6) is 0 Å². The van der Waals surface area contributed by atoms with Crippen LogP contribution in [0.3, 0.4) is 0 Å². The number of carbonyl (C=O) groups is 1. The fraction of sp³-hybridized carbons (Fsp3) is 0.222. The first-order chi connectivity index (χ1) is 12.2. The molecule has 7 heteroatoms. The van der Waals surface area contributed by atoms with Crippen LogP contribution >= 0.6 is 0 Å². The molecule has 3 aromatic heterocycles. The molecule has 0 aliphatic carbocycles. The van der Waals surface area contributed by atoms with Gasteiger partial charge in [0.25, 0.3) is 0 Å². The predicted molar refractivity (Wildman–Crippen MR) is 91.5 cm³/mol. The van der Waals surface area contributed by atoms with Crippen LogP contribution < -0.4 is 4.90 Å². The third-order valence-electron chi connectivity index (χ3n) is 4.19. The maximum Gasteiger partial charge on any atom is 0.228 e. The largest absolute Gasteiger partial charge is 0.292 e. The van der Waals surface area contributed by atoms with Crippen LogP contribution in [-0.4, -0.2) is 30.8 Å². The van der Waals surface area contributed by atoms with Crippen molar-refractivity contribution in [1.82, 2.24) is 24.9 Å². The summed E-state index contributed by atoms with van der Waals surface area (Å²) in [7, 11) is 0. The Morgan fingerprint density at radius 3 is 2.72 bits per heavy atom. The third-order valence-corrected chi connectivity index (χ3v) is 4.19. The molecule has 124 valence electrons. The van der Waals surface area contributed by atoms with Crippen LogP contribution in [0.15, 0.2) is 43.1 Å². The molecular formula is C18H16N6O. The lowest BCUT2D eigenvalue weighted by Gasteiger charge is -2.29. The average Bonchev–Trinajstić information content (AvgIpc) is 2.65. The number of hydrogen-bond donors (Lipinski definition) is 0. The molecule has 0 bridgehead atoms. The van der Waals surface area contributed by atoms with Gasteiger partial charge in [0.05, 0.1) is 12.7 Å². The van der Waals surface area contributed by atoms with E-state index in [1.807, 2.05) is 19.1 Å². The highest BCUT2D eigenvalue weighted by Crippen LogP contribution is 2.30. The van der Waals surface area contributed by atoms with E-state index in [-0.39, 0.29) is 5.91 Å². The quantitative estimate of drug-likeness (QED) is 0.730. The van der Waals surface area contributed by atoms with E-state index in [4.69, 9.17) is 0 Å². The fourth-order valence-corrected chi connectivity index (χ4v) is 2.95. The Balaban J connectivity index is 1.79. The number of fused-ring (bicyclic) bond motifs is 1. The van der Waals surface area contributed by atoms with Gasteiger partial charge in [-0.3, -0.25) is 19.7 Å². The first-order valence-electron chi connectivity index (χ1n) is 8.05. The zero-order valence-electron chi connectivity index (χ0n) is 13.8. The molecular weight excluding hydrogens is 316 g/mol. The second-order valence-electron chi connectivity index (χ2n) is 5.87. The second kappa shape index (κ2) is 6.35. The Morgan fingerprint density at radius 2 is 1.96 bits per heavy atom. The van der Waals surface area contributed by atoms with Crippen molar-refractivity contribution in [3.8, 4) is 11.5 Å². The van der Waals surface area contributed by atoms with Crippen LogP contribution in [0, 0.1) is 6.92 Å². The van der Waals surface area contributed by atoms with E-state index in [0.29, 0.717) is 36.7 Å². The highest BCUT2D eigenvalue weighted by Gasteiger charge is 2.28. The summed E-state index contributed by atoms with van der Waals surface area (Å²) < 4.78 is 0. The molecule has 25 heavy (non-hydrogen) atoms. The molecule has 0 fully saturated rings. The van der Waals surface area contributed by atoms with E-state index in [1.54, 1.807) is 35.9 Å². The first kappa shape index (κ1) is 15.3. The van der Waals surface area contributed by atoms with Gasteiger partial charge in [-0.15, -0.1) is 0 Å². The number of nitrogens with zero attached hydrogens (tertiary/aromatic N) is 6. The van der Waals surface area contributed by atoms with E-state index in [9.17, 15) is 4.79 Å². The summed E-state index contributed by atoms with van der Waals surface area (Å²) in [6.45, 7) is 2.38. The van der Waals surface area contributed by atoms with Crippen LogP contribution in [0.2, 0.25) is 0 Å². The minimum atomic E-state index is 0.0551. The number of anilines is 1. The van der Waals surface area contributed by atoms with Gasteiger partial charge in [-0.05, 0) is 25.0 Å². The highest BCUT2D eigenvalue weighted by atomic mass is 16.2. The monoisotopic (exact) mass is 332 g/mol. The summed E-state index contributed by atoms with van der Waals surface area (Å²) in [6.07, 6.45) is 9.43. The van der Waals surface area contributed by atoms with Crippen LogP contribution in [-0.2, 0) is 17.8 Å². The maximum atomic E-state index is 12.5. The Morgan fingerprint density at radius 1 is 1.08 bits per heavy atom. The summed E-state index contributed by atoms with van der Waals surface area (Å²) in [5, 5.41) is 0. The Bertz CT molecular complexity index is 914. The number of rotatable bonds is 3. The lowest BCUT2D eigenvalue weighted by atomic mass is 10.0. The fourth-order valence-electron chi connectivity index (χ4n) is 2.95. The normalized spacial score (nSPS) is 13.6. The van der Waals surface area contributed by atoms with Gasteiger partial charge in [0, 0.05) is 42.5 Å². The zero-order chi connectivity index (χ0) is 17.2. The molecule has 0 saturated carbocycles. The summed E-state index contributed by atoms with van der Waals surface area (Å²) in [4.78, 5) is 35.9. The molecule has 0 aromatic carbocycles. The molecule has 0 radical (unpaired) electrons. The minimum Gasteiger partial charge on any atom is -0.292 e. The molecule has 0 unspecified atom stereocenters. The van der Waals surface area contributed by atoms with Crippen molar-refractivity contribution >= 4 is 11.7 Å². The zero-order valence-corrected chi connectivity index (χ0v) is 13.8. The molecule has 0 saturated heterocycles. The molecule has 1 aliphatic heterocycles. The molecule has 0 N–H and O–H groups in total. The molecule has 3 aromatic rings. The molecule has 1 amide bonds. The van der Waals surface area contributed by atoms with Crippen molar-refractivity contribution in [3.05, 3.63) is 59.9 Å². The van der Waals surface area contributed by atoms with Gasteiger partial charge in [-0.25, -0.2) is 15.0 Å². The van der Waals surface area contributed by atoms with E-state index < -0.39 is 0 Å². The number of amides is 1. The lowest BCUT2D eigenvalue weighted by molar-refractivity contribution is -0.119. The van der Waals surface area contributed by atoms with E-state index in [0.717, 1.165) is 16.8 Å². The van der Waals surface area contributed by atoms with Crippen molar-refractivity contribution in [2.45, 2.75) is 26.3 Å². The van der Waals surface area contributed by atoms with Crippen molar-refractivity contribution in [1.29, 1.82) is 0 Å². The van der Waals surface area contributed by atoms with Crippen molar-refractivity contribution in [2.75, 3.05) is 4.90 Å². The molecule has 4 rings (SSSR count). The Kier molecular flexibility index (Phi) is 3.89. The molecule has 1 aliphatic rings. The molecule has 7 nitrogen and oxygen atoms in total. The van der Waals surface area contributed by atoms with Crippen LogP contribution in [0.25, 0.3) is 11.5 Å². The highest BCUT2D eigenvalue weighted by molar-refractivity contribution is 5.95. The summed E-state index contributed by atoms with van der Waals surface area (Å²) in [6, 6.07) is 3.81. The number of aromatic nitrogens is 5. The van der Waals surface area contributed by atoms with Gasteiger partial charge in [-0.2, -0.15) is 0 Å². The van der Waals surface area contributed by atoms with Crippen molar-refractivity contribution in [3.63, 3.8) is 0 Å². The van der Waals surface area contributed by atoms with Gasteiger partial charge >= 0.3 is 0 Å².